The van der Waals surface area contributed by atoms with Gasteiger partial charge in [-0.05, 0) is 37.0 Å². The van der Waals surface area contributed by atoms with Gasteiger partial charge in [0.1, 0.15) is 0 Å². The van der Waals surface area contributed by atoms with Gasteiger partial charge < -0.3 is 5.11 Å². The van der Waals surface area contributed by atoms with Crippen molar-refractivity contribution in [3.05, 3.63) is 51.8 Å². The van der Waals surface area contributed by atoms with Crippen molar-refractivity contribution in [1.29, 1.82) is 0 Å². The summed E-state index contributed by atoms with van der Waals surface area (Å²) in [5, 5.41) is 15.7. The van der Waals surface area contributed by atoms with E-state index in [0.29, 0.717) is 13.0 Å². The number of aromatic nitrogens is 2. The summed E-state index contributed by atoms with van der Waals surface area (Å²) in [5.74, 6) is 0. The van der Waals surface area contributed by atoms with E-state index in [0.717, 1.165) is 40.4 Å². The number of aliphatic hydroxyl groups excluding tert-OH is 1. The number of hydrogen-bond acceptors (Lipinski definition) is 2. The second-order valence-electron chi connectivity index (χ2n) is 5.23. The highest BCUT2D eigenvalue weighted by Crippen LogP contribution is 2.26. The van der Waals surface area contributed by atoms with Gasteiger partial charge in [-0.1, -0.05) is 44.5 Å². The molecule has 2 rings (SSSR count). The highest BCUT2D eigenvalue weighted by Gasteiger charge is 2.20. The van der Waals surface area contributed by atoms with Crippen LogP contribution in [0.3, 0.4) is 0 Å². The first-order valence-electron chi connectivity index (χ1n) is 7.61. The quantitative estimate of drug-likeness (QED) is 0.870. The van der Waals surface area contributed by atoms with Gasteiger partial charge in [0, 0.05) is 16.3 Å². The maximum Gasteiger partial charge on any atom is 0.0823 e. The Balaban J connectivity index is 2.41. The lowest BCUT2D eigenvalue weighted by Crippen LogP contribution is -2.08. The Morgan fingerprint density at radius 2 is 2.00 bits per heavy atom. The lowest BCUT2D eigenvalue weighted by atomic mass is 10.0. The van der Waals surface area contributed by atoms with E-state index >= 15 is 0 Å². The molecule has 0 amide bonds. The van der Waals surface area contributed by atoms with Crippen LogP contribution in [0.5, 0.6) is 0 Å². The standard InChI is InChI=1S/C17H23ClN2O/c1-4-14-17(16(21)6-3)15(5-2)20(19-14)11-12-8-7-9-13(18)10-12/h7-10,16,21H,4-6,11H2,1-3H3. The molecule has 0 spiro atoms. The molecule has 4 heteroatoms. The fourth-order valence-electron chi connectivity index (χ4n) is 2.73. The van der Waals surface area contributed by atoms with Crippen LogP contribution in [-0.4, -0.2) is 14.9 Å². The molecule has 2 aromatic rings. The number of aryl methyl sites for hydroxylation is 1. The van der Waals surface area contributed by atoms with E-state index in [1.54, 1.807) is 0 Å². The summed E-state index contributed by atoms with van der Waals surface area (Å²) in [6.07, 6.45) is 1.98. The van der Waals surface area contributed by atoms with E-state index in [1.165, 1.54) is 0 Å². The second-order valence-corrected chi connectivity index (χ2v) is 5.66. The van der Waals surface area contributed by atoms with Crippen LogP contribution in [0.2, 0.25) is 5.02 Å². The van der Waals surface area contributed by atoms with Crippen LogP contribution in [0.4, 0.5) is 0 Å². The number of hydrogen-bond donors (Lipinski definition) is 1. The summed E-state index contributed by atoms with van der Waals surface area (Å²) in [5.41, 5.74) is 4.27. The normalized spacial score (nSPS) is 12.6. The molecular weight excluding hydrogens is 284 g/mol. The average Bonchev–Trinajstić information content (AvgIpc) is 2.83. The molecule has 0 radical (unpaired) electrons. The van der Waals surface area contributed by atoms with E-state index in [4.69, 9.17) is 16.7 Å². The maximum absolute atomic E-state index is 10.3. The number of rotatable bonds is 6. The van der Waals surface area contributed by atoms with Gasteiger partial charge in [-0.3, -0.25) is 4.68 Å². The van der Waals surface area contributed by atoms with E-state index in [9.17, 15) is 5.11 Å². The topological polar surface area (TPSA) is 38.0 Å². The minimum Gasteiger partial charge on any atom is -0.388 e. The Morgan fingerprint density at radius 1 is 1.24 bits per heavy atom. The van der Waals surface area contributed by atoms with Crippen LogP contribution < -0.4 is 0 Å². The van der Waals surface area contributed by atoms with Gasteiger partial charge >= 0.3 is 0 Å². The molecule has 0 bridgehead atoms. The first-order valence-corrected chi connectivity index (χ1v) is 7.99. The van der Waals surface area contributed by atoms with Gasteiger partial charge in [0.2, 0.25) is 0 Å². The maximum atomic E-state index is 10.3. The van der Waals surface area contributed by atoms with Gasteiger partial charge in [0.25, 0.3) is 0 Å². The summed E-state index contributed by atoms with van der Waals surface area (Å²) in [6, 6.07) is 7.84. The highest BCUT2D eigenvalue weighted by molar-refractivity contribution is 6.30. The Hall–Kier alpha value is -1.32. The van der Waals surface area contributed by atoms with E-state index < -0.39 is 6.10 Å². The van der Waals surface area contributed by atoms with Crippen molar-refractivity contribution in [3.8, 4) is 0 Å². The molecule has 1 aromatic heterocycles. The fraction of sp³-hybridized carbons (Fsp3) is 0.471. The molecule has 21 heavy (non-hydrogen) atoms. The van der Waals surface area contributed by atoms with Crippen molar-refractivity contribution in [1.82, 2.24) is 9.78 Å². The SMILES string of the molecule is CCc1nn(Cc2cccc(Cl)c2)c(CC)c1C(O)CC. The Morgan fingerprint density at radius 3 is 2.57 bits per heavy atom. The molecule has 0 saturated heterocycles. The van der Waals surface area contributed by atoms with Crippen molar-refractivity contribution < 1.29 is 5.11 Å². The molecule has 0 aliphatic rings. The van der Waals surface area contributed by atoms with Crippen molar-refractivity contribution in [2.45, 2.75) is 52.7 Å². The minimum absolute atomic E-state index is 0.428. The van der Waals surface area contributed by atoms with Crippen molar-refractivity contribution in [2.75, 3.05) is 0 Å². The van der Waals surface area contributed by atoms with Crippen molar-refractivity contribution in [3.63, 3.8) is 0 Å². The first kappa shape index (κ1) is 16.1. The Bertz CT molecular complexity index is 607. The minimum atomic E-state index is -0.428. The van der Waals surface area contributed by atoms with Crippen molar-refractivity contribution >= 4 is 11.6 Å². The van der Waals surface area contributed by atoms with E-state index in [-0.39, 0.29) is 0 Å². The lowest BCUT2D eigenvalue weighted by molar-refractivity contribution is 0.171. The lowest BCUT2D eigenvalue weighted by Gasteiger charge is -2.12. The van der Waals surface area contributed by atoms with Crippen LogP contribution in [-0.2, 0) is 19.4 Å². The molecular formula is C17H23ClN2O. The van der Waals surface area contributed by atoms with Crippen LogP contribution in [0, 0.1) is 0 Å². The number of nitrogens with zero attached hydrogens (tertiary/aromatic N) is 2. The zero-order chi connectivity index (χ0) is 15.4. The molecule has 1 N–H and O–H groups in total. The third kappa shape index (κ3) is 3.47. The Labute approximate surface area is 131 Å². The molecule has 1 aromatic carbocycles. The Kier molecular flexibility index (Phi) is 5.43. The third-order valence-electron chi connectivity index (χ3n) is 3.79. The second kappa shape index (κ2) is 7.10. The third-order valence-corrected chi connectivity index (χ3v) is 4.02. The van der Waals surface area contributed by atoms with Crippen LogP contribution in [0.15, 0.2) is 24.3 Å². The van der Waals surface area contributed by atoms with Gasteiger partial charge in [-0.2, -0.15) is 5.10 Å². The zero-order valence-electron chi connectivity index (χ0n) is 12.9. The van der Waals surface area contributed by atoms with Crippen LogP contribution >= 0.6 is 11.6 Å². The highest BCUT2D eigenvalue weighted by atomic mass is 35.5. The van der Waals surface area contributed by atoms with Gasteiger partial charge in [-0.25, -0.2) is 0 Å². The van der Waals surface area contributed by atoms with Gasteiger partial charge in [-0.15, -0.1) is 0 Å². The molecule has 0 aliphatic heterocycles. The monoisotopic (exact) mass is 306 g/mol. The fourth-order valence-corrected chi connectivity index (χ4v) is 2.94. The molecule has 1 heterocycles. The summed E-state index contributed by atoms with van der Waals surface area (Å²) >= 11 is 6.05. The number of aliphatic hydroxyl groups is 1. The molecule has 0 saturated carbocycles. The molecule has 114 valence electrons. The zero-order valence-corrected chi connectivity index (χ0v) is 13.7. The molecule has 1 atom stereocenters. The van der Waals surface area contributed by atoms with Crippen molar-refractivity contribution in [2.24, 2.45) is 0 Å². The molecule has 0 fully saturated rings. The van der Waals surface area contributed by atoms with Gasteiger partial charge in [0.15, 0.2) is 0 Å². The van der Waals surface area contributed by atoms with Crippen LogP contribution in [0.25, 0.3) is 0 Å². The summed E-state index contributed by atoms with van der Waals surface area (Å²) in [4.78, 5) is 0. The van der Waals surface area contributed by atoms with E-state index in [1.807, 2.05) is 29.8 Å². The molecule has 0 aliphatic carbocycles. The van der Waals surface area contributed by atoms with Crippen LogP contribution in [0.1, 0.15) is 55.8 Å². The van der Waals surface area contributed by atoms with E-state index in [2.05, 4.69) is 19.9 Å². The smallest absolute Gasteiger partial charge is 0.0823 e. The van der Waals surface area contributed by atoms with Gasteiger partial charge in [0.05, 0.1) is 18.3 Å². The number of benzene rings is 1. The largest absolute Gasteiger partial charge is 0.388 e. The molecule has 1 unspecified atom stereocenters. The summed E-state index contributed by atoms with van der Waals surface area (Å²) < 4.78 is 2.01. The summed E-state index contributed by atoms with van der Waals surface area (Å²) in [6.45, 7) is 6.87. The predicted molar refractivity (Wildman–Crippen MR) is 86.8 cm³/mol. The molecule has 3 nitrogen and oxygen atoms in total. The number of halogens is 1. The average molecular weight is 307 g/mol. The summed E-state index contributed by atoms with van der Waals surface area (Å²) in [7, 11) is 0. The first-order chi connectivity index (χ1) is 10.1. The predicted octanol–water partition coefficient (Wildman–Crippen LogP) is 4.15.